The summed E-state index contributed by atoms with van der Waals surface area (Å²) in [6, 6.07) is 11.8. The van der Waals surface area contributed by atoms with Gasteiger partial charge in [0.15, 0.2) is 5.96 Å². The fraction of sp³-hybridized carbons (Fsp3) is 0.368. The zero-order valence-electron chi connectivity index (χ0n) is 15.0. The number of nitrogens with zero attached hydrogens (tertiary/aromatic N) is 2. The number of nitrogens with one attached hydrogen (secondary N) is 2. The van der Waals surface area contributed by atoms with E-state index in [0.29, 0.717) is 19.7 Å². The van der Waals surface area contributed by atoms with Gasteiger partial charge in [-0.05, 0) is 43.7 Å². The smallest absolute Gasteiger partial charge is 0.191 e. The minimum atomic E-state index is 0.0204. The molecule has 2 N–H and O–H groups in total. The molecule has 1 heterocycles. The van der Waals surface area contributed by atoms with Gasteiger partial charge in [-0.1, -0.05) is 12.1 Å². The predicted octanol–water partition coefficient (Wildman–Crippen LogP) is 2.40. The van der Waals surface area contributed by atoms with Crippen molar-refractivity contribution in [1.82, 2.24) is 15.6 Å². The first-order valence-corrected chi connectivity index (χ1v) is 8.38. The molecule has 2 rings (SSSR count). The van der Waals surface area contributed by atoms with Crippen LogP contribution in [0.2, 0.25) is 0 Å². The van der Waals surface area contributed by atoms with E-state index < -0.39 is 0 Å². The lowest BCUT2D eigenvalue weighted by atomic mass is 10.2. The van der Waals surface area contributed by atoms with E-state index in [9.17, 15) is 0 Å². The Bertz CT molecular complexity index is 661. The molecule has 1 aromatic heterocycles. The number of ether oxygens (including phenoxy) is 2. The Hall–Kier alpha value is -2.76. The number of aromatic nitrogens is 1. The molecule has 6 heteroatoms. The van der Waals surface area contributed by atoms with Gasteiger partial charge < -0.3 is 20.1 Å². The van der Waals surface area contributed by atoms with Crippen LogP contribution in [0.5, 0.6) is 11.5 Å². The van der Waals surface area contributed by atoms with E-state index in [4.69, 9.17) is 9.47 Å². The van der Waals surface area contributed by atoms with Crippen molar-refractivity contribution in [2.24, 2.45) is 4.99 Å². The molecule has 0 aliphatic rings. The zero-order chi connectivity index (χ0) is 17.9. The number of benzene rings is 1. The first-order chi connectivity index (χ1) is 12.2. The predicted molar refractivity (Wildman–Crippen MR) is 100 cm³/mol. The van der Waals surface area contributed by atoms with E-state index >= 15 is 0 Å². The molecule has 1 aromatic carbocycles. The van der Waals surface area contributed by atoms with Gasteiger partial charge in [0.2, 0.25) is 0 Å². The molecule has 0 saturated heterocycles. The number of hydrogen-bond donors (Lipinski definition) is 2. The molecule has 134 valence electrons. The molecule has 0 radical (unpaired) electrons. The van der Waals surface area contributed by atoms with E-state index in [0.717, 1.165) is 17.5 Å². The maximum atomic E-state index is 5.90. The lowest BCUT2D eigenvalue weighted by molar-refractivity contribution is 0.223. The van der Waals surface area contributed by atoms with Gasteiger partial charge in [-0.3, -0.25) is 9.98 Å². The summed E-state index contributed by atoms with van der Waals surface area (Å²) >= 11 is 0. The number of aryl methyl sites for hydroxylation is 1. The van der Waals surface area contributed by atoms with Gasteiger partial charge in [0.1, 0.15) is 24.2 Å². The molecule has 25 heavy (non-hydrogen) atoms. The minimum absolute atomic E-state index is 0.0204. The Kier molecular flexibility index (Phi) is 7.56. The molecule has 1 unspecified atom stereocenters. The van der Waals surface area contributed by atoms with Crippen LogP contribution in [0.3, 0.4) is 0 Å². The molecule has 0 aliphatic heterocycles. The Morgan fingerprint density at radius 3 is 2.76 bits per heavy atom. The average molecular weight is 342 g/mol. The van der Waals surface area contributed by atoms with Crippen molar-refractivity contribution in [2.45, 2.75) is 20.0 Å². The Labute approximate surface area is 149 Å². The second-order valence-corrected chi connectivity index (χ2v) is 5.66. The molecular formula is C19H26N4O2. The molecule has 6 nitrogen and oxygen atoms in total. The van der Waals surface area contributed by atoms with Gasteiger partial charge in [0.25, 0.3) is 0 Å². The number of pyridine rings is 1. The highest BCUT2D eigenvalue weighted by molar-refractivity contribution is 5.79. The average Bonchev–Trinajstić information content (AvgIpc) is 2.62. The summed E-state index contributed by atoms with van der Waals surface area (Å²) in [5.41, 5.74) is 1.18. The number of rotatable bonds is 8. The van der Waals surface area contributed by atoms with Crippen molar-refractivity contribution in [1.29, 1.82) is 0 Å². The summed E-state index contributed by atoms with van der Waals surface area (Å²) in [6.07, 6.45) is 3.43. The highest BCUT2D eigenvalue weighted by Gasteiger charge is 2.06. The summed E-state index contributed by atoms with van der Waals surface area (Å²) in [5, 5.41) is 6.45. The molecule has 0 spiro atoms. The van der Waals surface area contributed by atoms with Crippen LogP contribution in [-0.2, 0) is 0 Å². The maximum Gasteiger partial charge on any atom is 0.191 e. The molecule has 0 bridgehead atoms. The third-order valence-electron chi connectivity index (χ3n) is 3.41. The molecular weight excluding hydrogens is 316 g/mol. The van der Waals surface area contributed by atoms with Crippen LogP contribution in [0.4, 0.5) is 0 Å². The molecule has 0 amide bonds. The van der Waals surface area contributed by atoms with E-state index in [-0.39, 0.29) is 6.10 Å². The van der Waals surface area contributed by atoms with Crippen LogP contribution >= 0.6 is 0 Å². The van der Waals surface area contributed by atoms with Gasteiger partial charge in [-0.15, -0.1) is 0 Å². The molecule has 1 atom stereocenters. The monoisotopic (exact) mass is 342 g/mol. The molecule has 0 aliphatic carbocycles. The first kappa shape index (κ1) is 18.6. The number of hydrogen-bond acceptors (Lipinski definition) is 4. The van der Waals surface area contributed by atoms with Gasteiger partial charge in [0, 0.05) is 13.2 Å². The third-order valence-corrected chi connectivity index (χ3v) is 3.41. The largest absolute Gasteiger partial charge is 0.490 e. The van der Waals surface area contributed by atoms with Gasteiger partial charge in [-0.25, -0.2) is 0 Å². The second kappa shape index (κ2) is 10.2. The Morgan fingerprint density at radius 2 is 2.04 bits per heavy atom. The summed E-state index contributed by atoms with van der Waals surface area (Å²) < 4.78 is 11.5. The molecule has 0 saturated carbocycles. The van der Waals surface area contributed by atoms with Crippen LogP contribution in [0.25, 0.3) is 0 Å². The van der Waals surface area contributed by atoms with Crippen LogP contribution in [-0.4, -0.2) is 43.8 Å². The summed E-state index contributed by atoms with van der Waals surface area (Å²) in [6.45, 7) is 5.89. The van der Waals surface area contributed by atoms with Crippen molar-refractivity contribution >= 4 is 5.96 Å². The van der Waals surface area contributed by atoms with Gasteiger partial charge in [0.05, 0.1) is 19.3 Å². The Balaban J connectivity index is 1.65. The summed E-state index contributed by atoms with van der Waals surface area (Å²) in [7, 11) is 1.74. The van der Waals surface area contributed by atoms with E-state index in [1.807, 2.05) is 37.3 Å². The van der Waals surface area contributed by atoms with E-state index in [1.165, 1.54) is 5.56 Å². The van der Waals surface area contributed by atoms with E-state index in [1.54, 1.807) is 19.4 Å². The summed E-state index contributed by atoms with van der Waals surface area (Å²) in [5.74, 6) is 2.35. The van der Waals surface area contributed by atoms with Crippen LogP contribution in [0, 0.1) is 6.92 Å². The quantitative estimate of drug-likeness (QED) is 0.438. The van der Waals surface area contributed by atoms with Crippen LogP contribution < -0.4 is 20.1 Å². The highest BCUT2D eigenvalue weighted by Crippen LogP contribution is 2.13. The maximum absolute atomic E-state index is 5.90. The topological polar surface area (TPSA) is 67.8 Å². The number of aliphatic imine (C=N–C) groups is 1. The summed E-state index contributed by atoms with van der Waals surface area (Å²) in [4.78, 5) is 8.20. The first-order valence-electron chi connectivity index (χ1n) is 8.38. The standard InChI is InChI=1S/C19H26N4O2/c1-15-6-4-7-17(12-15)25-16(2)13-23-19(20-3)22-10-11-24-18-8-5-9-21-14-18/h4-9,12,14,16H,10-11,13H2,1-3H3,(H2,20,22,23). The third kappa shape index (κ3) is 7.12. The number of guanidine groups is 1. The van der Waals surface area contributed by atoms with Crippen molar-refractivity contribution in [2.75, 3.05) is 26.7 Å². The lowest BCUT2D eigenvalue weighted by Crippen LogP contribution is -2.43. The normalized spacial score (nSPS) is 12.4. The van der Waals surface area contributed by atoms with Crippen molar-refractivity contribution in [3.05, 3.63) is 54.4 Å². The lowest BCUT2D eigenvalue weighted by Gasteiger charge is -2.18. The zero-order valence-corrected chi connectivity index (χ0v) is 15.0. The fourth-order valence-electron chi connectivity index (χ4n) is 2.19. The van der Waals surface area contributed by atoms with Crippen molar-refractivity contribution in [3.63, 3.8) is 0 Å². The SMILES string of the molecule is CN=C(NCCOc1cccnc1)NCC(C)Oc1cccc(C)c1. The van der Waals surface area contributed by atoms with Gasteiger partial charge in [-0.2, -0.15) is 0 Å². The molecule has 2 aromatic rings. The van der Waals surface area contributed by atoms with Gasteiger partial charge >= 0.3 is 0 Å². The fourth-order valence-corrected chi connectivity index (χ4v) is 2.19. The second-order valence-electron chi connectivity index (χ2n) is 5.66. The Morgan fingerprint density at radius 1 is 1.20 bits per heavy atom. The van der Waals surface area contributed by atoms with Crippen molar-refractivity contribution in [3.8, 4) is 11.5 Å². The van der Waals surface area contributed by atoms with Crippen LogP contribution in [0.1, 0.15) is 12.5 Å². The van der Waals surface area contributed by atoms with E-state index in [2.05, 4.69) is 33.6 Å². The molecule has 0 fully saturated rings. The van der Waals surface area contributed by atoms with Crippen LogP contribution in [0.15, 0.2) is 53.8 Å². The minimum Gasteiger partial charge on any atom is -0.490 e. The van der Waals surface area contributed by atoms with Crippen molar-refractivity contribution < 1.29 is 9.47 Å². The highest BCUT2D eigenvalue weighted by atomic mass is 16.5.